The van der Waals surface area contributed by atoms with Crippen LogP contribution in [0, 0.1) is 0 Å². The number of nitrogens with zero attached hydrogens (tertiary/aromatic N) is 1. The molecule has 1 aromatic rings. The molecule has 3 rings (SSSR count). The van der Waals surface area contributed by atoms with E-state index in [1.54, 1.807) is 5.56 Å². The van der Waals surface area contributed by atoms with E-state index in [0.29, 0.717) is 6.04 Å². The lowest BCUT2D eigenvalue weighted by atomic mass is 10.0. The van der Waals surface area contributed by atoms with E-state index in [-0.39, 0.29) is 12.4 Å². The van der Waals surface area contributed by atoms with Gasteiger partial charge in [-0.25, -0.2) is 0 Å². The smallest absolute Gasteiger partial charge is 0.0368 e. The maximum Gasteiger partial charge on any atom is 0.0368 e. The summed E-state index contributed by atoms with van der Waals surface area (Å²) in [7, 11) is 0. The van der Waals surface area contributed by atoms with Gasteiger partial charge in [-0.05, 0) is 23.8 Å². The Balaban J connectivity index is 0.00000108. The first-order chi connectivity index (χ1) is 7.95. The molecule has 94 valence electrons. The topological polar surface area (TPSA) is 15.3 Å². The quantitative estimate of drug-likeness (QED) is 0.844. The van der Waals surface area contributed by atoms with E-state index in [4.69, 9.17) is 0 Å². The second kappa shape index (κ2) is 6.10. The molecule has 17 heavy (non-hydrogen) atoms. The number of fused-ring (bicyclic) bond motifs is 1. The van der Waals surface area contributed by atoms with Gasteiger partial charge in [0, 0.05) is 37.1 Å². The van der Waals surface area contributed by atoms with Gasteiger partial charge in [0.2, 0.25) is 0 Å². The van der Waals surface area contributed by atoms with Crippen LogP contribution in [-0.4, -0.2) is 36.8 Å². The van der Waals surface area contributed by atoms with Crippen molar-refractivity contribution in [3.05, 3.63) is 29.8 Å². The minimum Gasteiger partial charge on any atom is -0.314 e. The maximum absolute atomic E-state index is 3.43. The van der Waals surface area contributed by atoms with Crippen LogP contribution in [0.4, 0.5) is 0 Å². The van der Waals surface area contributed by atoms with Crippen molar-refractivity contribution in [1.29, 1.82) is 0 Å². The van der Waals surface area contributed by atoms with Crippen molar-refractivity contribution in [2.24, 2.45) is 0 Å². The van der Waals surface area contributed by atoms with Crippen molar-refractivity contribution in [2.75, 3.05) is 31.9 Å². The van der Waals surface area contributed by atoms with E-state index in [1.807, 2.05) is 11.8 Å². The second-order valence-corrected chi connectivity index (χ2v) is 5.61. The van der Waals surface area contributed by atoms with Gasteiger partial charge < -0.3 is 5.32 Å². The van der Waals surface area contributed by atoms with Gasteiger partial charge in [-0.3, -0.25) is 4.90 Å². The summed E-state index contributed by atoms with van der Waals surface area (Å²) >= 11 is 2.01. The van der Waals surface area contributed by atoms with Gasteiger partial charge in [0.25, 0.3) is 0 Å². The molecule has 2 aliphatic rings. The fourth-order valence-corrected chi connectivity index (χ4v) is 3.80. The molecule has 1 fully saturated rings. The molecule has 0 aliphatic carbocycles. The summed E-state index contributed by atoms with van der Waals surface area (Å²) in [6.07, 6.45) is 1.31. The van der Waals surface area contributed by atoms with Crippen molar-refractivity contribution < 1.29 is 0 Å². The summed E-state index contributed by atoms with van der Waals surface area (Å²) in [5.41, 5.74) is 1.56. The van der Waals surface area contributed by atoms with E-state index in [2.05, 4.69) is 34.5 Å². The number of piperazine rings is 1. The third-order valence-corrected chi connectivity index (χ3v) is 4.64. The third-order valence-electron chi connectivity index (χ3n) is 3.52. The zero-order chi connectivity index (χ0) is 10.8. The Kier molecular flexibility index (Phi) is 4.74. The summed E-state index contributed by atoms with van der Waals surface area (Å²) < 4.78 is 0. The van der Waals surface area contributed by atoms with E-state index < -0.39 is 0 Å². The van der Waals surface area contributed by atoms with Crippen LogP contribution < -0.4 is 5.32 Å². The summed E-state index contributed by atoms with van der Waals surface area (Å²) in [4.78, 5) is 4.15. The molecule has 4 heteroatoms. The van der Waals surface area contributed by atoms with E-state index >= 15 is 0 Å². The van der Waals surface area contributed by atoms with Crippen LogP contribution in [0.3, 0.4) is 0 Å². The molecule has 1 aromatic carbocycles. The largest absolute Gasteiger partial charge is 0.314 e. The number of benzene rings is 1. The maximum atomic E-state index is 3.43. The fraction of sp³-hybridized carbons (Fsp3) is 0.538. The van der Waals surface area contributed by atoms with Crippen molar-refractivity contribution in [2.45, 2.75) is 17.4 Å². The minimum atomic E-state index is 0. The lowest BCUT2D eigenvalue weighted by molar-refractivity contribution is 0.167. The number of thioether (sulfide) groups is 1. The number of hydrogen-bond donors (Lipinski definition) is 1. The first kappa shape index (κ1) is 13.2. The van der Waals surface area contributed by atoms with Gasteiger partial charge in [0.1, 0.15) is 0 Å². The highest BCUT2D eigenvalue weighted by atomic mass is 35.5. The summed E-state index contributed by atoms with van der Waals surface area (Å²) in [5.74, 6) is 1.27. The Hall–Kier alpha value is -0.220. The van der Waals surface area contributed by atoms with Crippen molar-refractivity contribution >= 4 is 24.2 Å². The van der Waals surface area contributed by atoms with E-state index in [0.717, 1.165) is 13.1 Å². The van der Waals surface area contributed by atoms with Gasteiger partial charge in [0.15, 0.2) is 0 Å². The lowest BCUT2D eigenvalue weighted by Crippen LogP contribution is -2.45. The molecule has 2 aliphatic heterocycles. The van der Waals surface area contributed by atoms with Crippen molar-refractivity contribution in [1.82, 2.24) is 10.2 Å². The van der Waals surface area contributed by atoms with Crippen LogP contribution in [-0.2, 0) is 0 Å². The molecule has 0 bridgehead atoms. The first-order valence-electron chi connectivity index (χ1n) is 6.11. The van der Waals surface area contributed by atoms with Crippen LogP contribution in [0.5, 0.6) is 0 Å². The Labute approximate surface area is 114 Å². The molecule has 1 unspecified atom stereocenters. The number of rotatable bonds is 1. The van der Waals surface area contributed by atoms with Gasteiger partial charge in [-0.1, -0.05) is 18.2 Å². The van der Waals surface area contributed by atoms with Gasteiger partial charge >= 0.3 is 0 Å². The number of hydrogen-bond acceptors (Lipinski definition) is 3. The van der Waals surface area contributed by atoms with Gasteiger partial charge in [0.05, 0.1) is 0 Å². The van der Waals surface area contributed by atoms with Crippen LogP contribution in [0.15, 0.2) is 29.2 Å². The average molecular weight is 271 g/mol. The SMILES string of the molecule is Cl.c1ccc2c(c1)SCCC2N1CCNCC1. The van der Waals surface area contributed by atoms with Crippen molar-refractivity contribution in [3.8, 4) is 0 Å². The van der Waals surface area contributed by atoms with Crippen LogP contribution in [0.2, 0.25) is 0 Å². The molecule has 1 N–H and O–H groups in total. The van der Waals surface area contributed by atoms with Crippen LogP contribution in [0.1, 0.15) is 18.0 Å². The zero-order valence-electron chi connectivity index (χ0n) is 9.89. The molecule has 0 spiro atoms. The van der Waals surface area contributed by atoms with Crippen molar-refractivity contribution in [3.63, 3.8) is 0 Å². The summed E-state index contributed by atoms with van der Waals surface area (Å²) in [6.45, 7) is 4.69. The molecule has 0 aromatic heterocycles. The highest BCUT2D eigenvalue weighted by molar-refractivity contribution is 7.99. The predicted octanol–water partition coefficient (Wildman–Crippen LogP) is 2.55. The molecule has 2 heterocycles. The van der Waals surface area contributed by atoms with Gasteiger partial charge in [-0.15, -0.1) is 24.2 Å². The predicted molar refractivity (Wildman–Crippen MR) is 76.2 cm³/mol. The molecule has 1 saturated heterocycles. The Morgan fingerprint density at radius 3 is 2.76 bits per heavy atom. The third kappa shape index (κ3) is 2.79. The molecule has 0 radical (unpaired) electrons. The summed E-state index contributed by atoms with van der Waals surface area (Å²) in [6, 6.07) is 9.59. The number of halogens is 1. The lowest BCUT2D eigenvalue weighted by Gasteiger charge is -2.38. The first-order valence-corrected chi connectivity index (χ1v) is 7.10. The molecule has 2 nitrogen and oxygen atoms in total. The molecular weight excluding hydrogens is 252 g/mol. The van der Waals surface area contributed by atoms with Crippen LogP contribution in [0.25, 0.3) is 0 Å². The molecule has 1 atom stereocenters. The normalized spacial score (nSPS) is 24.8. The fourth-order valence-electron chi connectivity index (χ4n) is 2.70. The standard InChI is InChI=1S/C13H18N2S.ClH/c1-2-4-13-11(3-1)12(5-10-16-13)15-8-6-14-7-9-15;/h1-4,12,14H,5-10H2;1H. The van der Waals surface area contributed by atoms with E-state index in [1.165, 1.54) is 30.2 Å². The van der Waals surface area contributed by atoms with E-state index in [9.17, 15) is 0 Å². The second-order valence-electron chi connectivity index (χ2n) is 4.48. The average Bonchev–Trinajstić information content (AvgIpc) is 2.39. The minimum absolute atomic E-state index is 0. The summed E-state index contributed by atoms with van der Waals surface area (Å²) in [5, 5.41) is 3.43. The monoisotopic (exact) mass is 270 g/mol. The highest BCUT2D eigenvalue weighted by Crippen LogP contribution is 2.39. The van der Waals surface area contributed by atoms with Crippen LogP contribution >= 0.6 is 24.2 Å². The zero-order valence-corrected chi connectivity index (χ0v) is 11.5. The molecular formula is C13H19ClN2S. The Morgan fingerprint density at radius 1 is 1.18 bits per heavy atom. The highest BCUT2D eigenvalue weighted by Gasteiger charge is 2.26. The Bertz CT molecular complexity index is 366. The molecule has 0 saturated carbocycles. The molecule has 0 amide bonds. The number of nitrogens with one attached hydrogen (secondary N) is 1. The Morgan fingerprint density at radius 2 is 1.94 bits per heavy atom. The van der Waals surface area contributed by atoms with Gasteiger partial charge in [-0.2, -0.15) is 0 Å².